The SMILES string of the molecule is COc1cncc(C#CC[C@H](C)NC(=O)c2nc3ncccc3[nH]2)c1. The van der Waals surface area contributed by atoms with Crippen LogP contribution in [0.2, 0.25) is 0 Å². The maximum atomic E-state index is 12.2. The number of fused-ring (bicyclic) bond motifs is 1. The average molecular weight is 335 g/mol. The molecule has 25 heavy (non-hydrogen) atoms. The van der Waals surface area contributed by atoms with Crippen LogP contribution in [-0.4, -0.2) is 39.0 Å². The Morgan fingerprint density at radius 1 is 1.44 bits per heavy atom. The molecule has 3 heterocycles. The third-order valence-corrected chi connectivity index (χ3v) is 3.44. The lowest BCUT2D eigenvalue weighted by Crippen LogP contribution is -2.32. The molecule has 0 spiro atoms. The lowest BCUT2D eigenvalue weighted by molar-refractivity contribution is 0.0931. The summed E-state index contributed by atoms with van der Waals surface area (Å²) in [6.07, 6.45) is 5.42. The molecule has 0 fully saturated rings. The summed E-state index contributed by atoms with van der Waals surface area (Å²) in [5.41, 5.74) is 2.01. The van der Waals surface area contributed by atoms with Crippen molar-refractivity contribution in [1.29, 1.82) is 0 Å². The van der Waals surface area contributed by atoms with Crippen molar-refractivity contribution in [2.75, 3.05) is 7.11 Å². The summed E-state index contributed by atoms with van der Waals surface area (Å²) < 4.78 is 5.11. The first kappa shape index (κ1) is 16.5. The lowest BCUT2D eigenvalue weighted by Gasteiger charge is -2.08. The Labute approximate surface area is 144 Å². The van der Waals surface area contributed by atoms with Crippen LogP contribution < -0.4 is 10.1 Å². The highest BCUT2D eigenvalue weighted by atomic mass is 16.5. The van der Waals surface area contributed by atoms with Crippen LogP contribution in [0.4, 0.5) is 0 Å². The van der Waals surface area contributed by atoms with Crippen LogP contribution in [-0.2, 0) is 0 Å². The second-order valence-electron chi connectivity index (χ2n) is 5.45. The van der Waals surface area contributed by atoms with Crippen molar-refractivity contribution in [3.8, 4) is 17.6 Å². The topological polar surface area (TPSA) is 92.8 Å². The highest BCUT2D eigenvalue weighted by molar-refractivity contribution is 5.93. The van der Waals surface area contributed by atoms with Crippen molar-refractivity contribution in [3.63, 3.8) is 0 Å². The summed E-state index contributed by atoms with van der Waals surface area (Å²) >= 11 is 0. The molecule has 3 aromatic rings. The van der Waals surface area contributed by atoms with Crippen LogP contribution in [0.1, 0.15) is 29.5 Å². The fraction of sp³-hybridized carbons (Fsp3) is 0.222. The van der Waals surface area contributed by atoms with Gasteiger partial charge >= 0.3 is 0 Å². The first-order chi connectivity index (χ1) is 12.2. The fourth-order valence-electron chi connectivity index (χ4n) is 2.20. The van der Waals surface area contributed by atoms with E-state index in [-0.39, 0.29) is 17.8 Å². The number of carbonyl (C=O) groups is 1. The van der Waals surface area contributed by atoms with Crippen molar-refractivity contribution in [3.05, 3.63) is 48.2 Å². The monoisotopic (exact) mass is 335 g/mol. The van der Waals surface area contributed by atoms with Crippen molar-refractivity contribution in [1.82, 2.24) is 25.3 Å². The number of nitrogens with zero attached hydrogens (tertiary/aromatic N) is 3. The molecule has 2 N–H and O–H groups in total. The van der Waals surface area contributed by atoms with Gasteiger partial charge in [-0.3, -0.25) is 9.78 Å². The number of imidazole rings is 1. The van der Waals surface area contributed by atoms with E-state index in [4.69, 9.17) is 4.74 Å². The zero-order chi connectivity index (χ0) is 17.6. The van der Waals surface area contributed by atoms with E-state index in [2.05, 4.69) is 37.1 Å². The molecule has 3 aromatic heterocycles. The lowest BCUT2D eigenvalue weighted by atomic mass is 10.2. The van der Waals surface area contributed by atoms with Crippen LogP contribution in [0.3, 0.4) is 0 Å². The smallest absolute Gasteiger partial charge is 0.287 e. The molecule has 0 bridgehead atoms. The second kappa shape index (κ2) is 7.45. The number of amides is 1. The number of ether oxygens (including phenoxy) is 1. The molecule has 7 nitrogen and oxygen atoms in total. The summed E-state index contributed by atoms with van der Waals surface area (Å²) in [5, 5.41) is 2.86. The van der Waals surface area contributed by atoms with E-state index < -0.39 is 0 Å². The number of aromatic amines is 1. The summed E-state index contributed by atoms with van der Waals surface area (Å²) in [6.45, 7) is 1.89. The molecule has 0 aliphatic heterocycles. The van der Waals surface area contributed by atoms with Gasteiger partial charge in [0.1, 0.15) is 5.75 Å². The Bertz CT molecular complexity index is 921. The zero-order valence-electron chi connectivity index (χ0n) is 13.9. The van der Waals surface area contributed by atoms with Crippen molar-refractivity contribution >= 4 is 17.1 Å². The molecule has 1 amide bonds. The first-order valence-corrected chi connectivity index (χ1v) is 7.75. The van der Waals surface area contributed by atoms with Gasteiger partial charge in [-0.15, -0.1) is 0 Å². The highest BCUT2D eigenvalue weighted by Gasteiger charge is 2.13. The van der Waals surface area contributed by atoms with Gasteiger partial charge in [0.2, 0.25) is 0 Å². The minimum atomic E-state index is -0.282. The molecule has 0 saturated heterocycles. The van der Waals surface area contributed by atoms with Gasteiger partial charge in [-0.1, -0.05) is 11.8 Å². The van der Waals surface area contributed by atoms with Gasteiger partial charge in [0, 0.05) is 30.4 Å². The number of hydrogen-bond donors (Lipinski definition) is 2. The maximum Gasteiger partial charge on any atom is 0.287 e. The van der Waals surface area contributed by atoms with Crippen LogP contribution >= 0.6 is 0 Å². The number of methoxy groups -OCH3 is 1. The molecule has 0 aliphatic rings. The third-order valence-electron chi connectivity index (χ3n) is 3.44. The predicted octanol–water partition coefficient (Wildman–Crippen LogP) is 1.92. The summed E-state index contributed by atoms with van der Waals surface area (Å²) in [4.78, 5) is 27.5. The Hall–Kier alpha value is -3.40. The van der Waals surface area contributed by atoms with Crippen LogP contribution in [0.25, 0.3) is 11.2 Å². The van der Waals surface area contributed by atoms with E-state index in [1.54, 1.807) is 31.8 Å². The molecule has 0 radical (unpaired) electrons. The van der Waals surface area contributed by atoms with Gasteiger partial charge < -0.3 is 15.0 Å². The van der Waals surface area contributed by atoms with Gasteiger partial charge in [-0.25, -0.2) is 9.97 Å². The Balaban J connectivity index is 1.59. The van der Waals surface area contributed by atoms with E-state index in [0.717, 1.165) is 11.1 Å². The van der Waals surface area contributed by atoms with Gasteiger partial charge in [0.25, 0.3) is 5.91 Å². The third kappa shape index (κ3) is 4.12. The molecule has 3 rings (SSSR count). The van der Waals surface area contributed by atoms with Gasteiger partial charge in [0.15, 0.2) is 11.5 Å². The van der Waals surface area contributed by atoms with Crippen LogP contribution in [0.15, 0.2) is 36.8 Å². The number of carbonyl (C=O) groups excluding carboxylic acids is 1. The molecule has 0 unspecified atom stereocenters. The van der Waals surface area contributed by atoms with E-state index in [9.17, 15) is 4.79 Å². The first-order valence-electron chi connectivity index (χ1n) is 7.75. The molecule has 126 valence electrons. The normalized spacial score (nSPS) is 11.4. The molecular weight excluding hydrogens is 318 g/mol. The number of nitrogens with one attached hydrogen (secondary N) is 2. The number of hydrogen-bond acceptors (Lipinski definition) is 5. The summed E-state index contributed by atoms with van der Waals surface area (Å²) in [7, 11) is 1.58. The fourth-order valence-corrected chi connectivity index (χ4v) is 2.20. The standard InChI is InChI=1S/C18H17N5O2/c1-12(5-3-6-13-9-14(25-2)11-19-10-13)21-18(24)17-22-15-7-4-8-20-16(15)23-17/h4,7-12H,5H2,1-2H3,(H,21,24)(H,20,22,23)/t12-/m0/s1. The van der Waals surface area contributed by atoms with Gasteiger partial charge in [-0.2, -0.15) is 0 Å². The van der Waals surface area contributed by atoms with E-state index in [1.165, 1.54) is 0 Å². The van der Waals surface area contributed by atoms with Gasteiger partial charge in [0.05, 0.1) is 18.8 Å². The Morgan fingerprint density at radius 2 is 2.32 bits per heavy atom. The minimum Gasteiger partial charge on any atom is -0.495 e. The summed E-state index contributed by atoms with van der Waals surface area (Å²) in [5.74, 6) is 6.66. The molecule has 0 aromatic carbocycles. The Morgan fingerprint density at radius 3 is 3.12 bits per heavy atom. The van der Waals surface area contributed by atoms with Gasteiger partial charge in [-0.05, 0) is 25.1 Å². The molecule has 1 atom stereocenters. The summed E-state index contributed by atoms with van der Waals surface area (Å²) in [6, 6.07) is 5.29. The minimum absolute atomic E-state index is 0.125. The van der Waals surface area contributed by atoms with E-state index >= 15 is 0 Å². The van der Waals surface area contributed by atoms with Crippen LogP contribution in [0.5, 0.6) is 5.75 Å². The predicted molar refractivity (Wildman–Crippen MR) is 93.1 cm³/mol. The highest BCUT2D eigenvalue weighted by Crippen LogP contribution is 2.09. The second-order valence-corrected chi connectivity index (χ2v) is 5.45. The average Bonchev–Trinajstić information content (AvgIpc) is 3.06. The Kier molecular flexibility index (Phi) is 4.90. The van der Waals surface area contributed by atoms with Crippen molar-refractivity contribution < 1.29 is 9.53 Å². The van der Waals surface area contributed by atoms with Crippen molar-refractivity contribution in [2.45, 2.75) is 19.4 Å². The molecule has 7 heteroatoms. The zero-order valence-corrected chi connectivity index (χ0v) is 13.9. The number of aromatic nitrogens is 4. The molecule has 0 aliphatic carbocycles. The number of pyridine rings is 2. The van der Waals surface area contributed by atoms with E-state index in [0.29, 0.717) is 17.8 Å². The maximum absolute atomic E-state index is 12.2. The molecule has 0 saturated carbocycles. The quantitative estimate of drug-likeness (QED) is 0.711. The van der Waals surface area contributed by atoms with E-state index in [1.807, 2.05) is 19.1 Å². The largest absolute Gasteiger partial charge is 0.495 e. The number of H-pyrrole nitrogens is 1. The number of rotatable bonds is 4. The van der Waals surface area contributed by atoms with Crippen LogP contribution in [0, 0.1) is 11.8 Å². The molecular formula is C18H17N5O2. The van der Waals surface area contributed by atoms with Crippen molar-refractivity contribution in [2.24, 2.45) is 0 Å².